The maximum Gasteiger partial charge on any atom is 0.230 e. The number of imidazole rings is 1. The van der Waals surface area contributed by atoms with Crippen molar-refractivity contribution in [3.63, 3.8) is 0 Å². The molecule has 0 unspecified atom stereocenters. The van der Waals surface area contributed by atoms with Crippen molar-refractivity contribution in [2.45, 2.75) is 26.2 Å². The highest BCUT2D eigenvalue weighted by atomic mass is 19.1. The number of anilines is 1. The van der Waals surface area contributed by atoms with Crippen molar-refractivity contribution < 1.29 is 23.4 Å². The molecule has 12 heteroatoms. The van der Waals surface area contributed by atoms with Crippen LogP contribution in [0.3, 0.4) is 0 Å². The standard InChI is InChI=1S/C30H30FN7O4/c1-30(28(39)33-14-3-13-32)17-41-27(42-18-30)26-37-24(20-6-8-21(31)9-7-20)25(38-26)23-12-15-34-29(36-23)35-16-19-4-10-22(40-2)11-5-19/h4-12,15,27H,3,14,16-18H2,1-2H3,(H,33,39)(H,37,38)(H,34,35,36). The van der Waals surface area contributed by atoms with Gasteiger partial charge in [-0.1, -0.05) is 12.1 Å². The average molecular weight is 572 g/mol. The molecule has 2 aromatic carbocycles. The molecule has 5 rings (SSSR count). The number of nitrogens with zero attached hydrogens (tertiary/aromatic N) is 4. The summed E-state index contributed by atoms with van der Waals surface area (Å²) in [7, 11) is 1.62. The first-order valence-corrected chi connectivity index (χ1v) is 13.3. The van der Waals surface area contributed by atoms with Gasteiger partial charge in [-0.2, -0.15) is 5.26 Å². The quantitative estimate of drug-likeness (QED) is 0.236. The predicted molar refractivity (Wildman–Crippen MR) is 151 cm³/mol. The van der Waals surface area contributed by atoms with Crippen LogP contribution in [-0.2, 0) is 20.8 Å². The van der Waals surface area contributed by atoms with Crippen molar-refractivity contribution >= 4 is 11.9 Å². The van der Waals surface area contributed by atoms with Crippen molar-refractivity contribution in [3.05, 3.63) is 78.0 Å². The van der Waals surface area contributed by atoms with Gasteiger partial charge in [0.1, 0.15) is 11.6 Å². The molecule has 0 radical (unpaired) electrons. The average Bonchev–Trinajstić information content (AvgIpc) is 3.47. The summed E-state index contributed by atoms with van der Waals surface area (Å²) in [5, 5.41) is 14.7. The summed E-state index contributed by atoms with van der Waals surface area (Å²) < 4.78 is 30.8. The number of hydrogen-bond acceptors (Lipinski definition) is 9. The molecule has 11 nitrogen and oxygen atoms in total. The summed E-state index contributed by atoms with van der Waals surface area (Å²) in [6.45, 7) is 2.67. The van der Waals surface area contributed by atoms with E-state index in [9.17, 15) is 9.18 Å². The first kappa shape index (κ1) is 28.7. The lowest BCUT2D eigenvalue weighted by molar-refractivity contribution is -0.231. The second-order valence-electron chi connectivity index (χ2n) is 10.00. The minimum absolute atomic E-state index is 0.0882. The summed E-state index contributed by atoms with van der Waals surface area (Å²) >= 11 is 0. The van der Waals surface area contributed by atoms with E-state index in [-0.39, 0.29) is 37.9 Å². The van der Waals surface area contributed by atoms with Gasteiger partial charge < -0.3 is 29.8 Å². The van der Waals surface area contributed by atoms with Crippen LogP contribution < -0.4 is 15.4 Å². The number of nitriles is 1. The molecule has 3 N–H and O–H groups in total. The van der Waals surface area contributed by atoms with Crippen LogP contribution in [0, 0.1) is 22.6 Å². The fraction of sp³-hybridized carbons (Fsp3) is 0.300. The number of rotatable bonds is 10. The molecule has 4 aromatic rings. The summed E-state index contributed by atoms with van der Waals surface area (Å²) in [5.74, 6) is 0.943. The zero-order valence-electron chi connectivity index (χ0n) is 23.2. The number of amides is 1. The number of nitrogens with one attached hydrogen (secondary N) is 3. The van der Waals surface area contributed by atoms with E-state index in [2.05, 4.69) is 25.6 Å². The molecule has 2 aromatic heterocycles. The van der Waals surface area contributed by atoms with Crippen LogP contribution in [0.15, 0.2) is 60.8 Å². The third-order valence-electron chi connectivity index (χ3n) is 6.76. The molecule has 0 atom stereocenters. The highest BCUT2D eigenvalue weighted by Gasteiger charge is 2.40. The molecule has 42 heavy (non-hydrogen) atoms. The minimum Gasteiger partial charge on any atom is -0.497 e. The van der Waals surface area contributed by atoms with Gasteiger partial charge in [-0.15, -0.1) is 0 Å². The van der Waals surface area contributed by atoms with E-state index in [0.29, 0.717) is 41.0 Å². The first-order chi connectivity index (χ1) is 20.4. The molecule has 0 aliphatic carbocycles. The monoisotopic (exact) mass is 571 g/mol. The number of H-pyrrole nitrogens is 1. The Bertz CT molecular complexity index is 1560. The van der Waals surface area contributed by atoms with Crippen LogP contribution in [-0.4, -0.2) is 52.7 Å². The molecule has 3 heterocycles. The topological polar surface area (TPSA) is 147 Å². The van der Waals surface area contributed by atoms with Gasteiger partial charge in [-0.05, 0) is 55.0 Å². The Labute approximate surface area is 242 Å². The number of ether oxygens (including phenoxy) is 3. The van der Waals surface area contributed by atoms with Crippen molar-refractivity contribution in [3.8, 4) is 34.5 Å². The maximum atomic E-state index is 13.7. The third kappa shape index (κ3) is 6.54. The maximum absolute atomic E-state index is 13.7. The molecular formula is C30H30FN7O4. The molecule has 1 aliphatic heterocycles. The first-order valence-electron chi connectivity index (χ1n) is 13.3. The highest BCUT2D eigenvalue weighted by Crippen LogP contribution is 2.35. The fourth-order valence-corrected chi connectivity index (χ4v) is 4.36. The lowest BCUT2D eigenvalue weighted by Gasteiger charge is -2.35. The molecule has 0 spiro atoms. The van der Waals surface area contributed by atoms with Crippen LogP contribution in [0.25, 0.3) is 22.6 Å². The number of carbonyl (C=O) groups is 1. The number of hydrogen-bond donors (Lipinski definition) is 3. The molecule has 1 fully saturated rings. The van der Waals surface area contributed by atoms with Gasteiger partial charge in [0.15, 0.2) is 5.82 Å². The van der Waals surface area contributed by atoms with E-state index in [0.717, 1.165) is 11.3 Å². The van der Waals surface area contributed by atoms with E-state index in [1.807, 2.05) is 30.3 Å². The molecule has 0 saturated carbocycles. The summed E-state index contributed by atoms with van der Waals surface area (Å²) in [4.78, 5) is 29.7. The highest BCUT2D eigenvalue weighted by molar-refractivity contribution is 5.82. The smallest absolute Gasteiger partial charge is 0.230 e. The number of benzene rings is 2. The number of methoxy groups -OCH3 is 1. The van der Waals surface area contributed by atoms with Crippen LogP contribution in [0.2, 0.25) is 0 Å². The van der Waals surface area contributed by atoms with Gasteiger partial charge in [-0.3, -0.25) is 4.79 Å². The Hall–Kier alpha value is -4.86. The van der Waals surface area contributed by atoms with Crippen LogP contribution in [0.4, 0.5) is 10.3 Å². The number of carbonyl (C=O) groups excluding carboxylic acids is 1. The van der Waals surface area contributed by atoms with Gasteiger partial charge in [0.2, 0.25) is 18.1 Å². The number of halogens is 1. The second kappa shape index (κ2) is 12.8. The van der Waals surface area contributed by atoms with Crippen molar-refractivity contribution in [1.29, 1.82) is 5.26 Å². The molecule has 216 valence electrons. The van der Waals surface area contributed by atoms with Crippen LogP contribution in [0.1, 0.15) is 31.0 Å². The Morgan fingerprint density at radius 2 is 1.88 bits per heavy atom. The number of aromatic nitrogens is 4. The minimum atomic E-state index is -0.918. The lowest BCUT2D eigenvalue weighted by Crippen LogP contribution is -2.48. The molecule has 0 bridgehead atoms. The zero-order chi connectivity index (χ0) is 29.5. The number of aromatic amines is 1. The molecule has 1 saturated heterocycles. The predicted octanol–water partition coefficient (Wildman–Crippen LogP) is 4.38. The van der Waals surface area contributed by atoms with Gasteiger partial charge in [-0.25, -0.2) is 19.3 Å². The molecule has 1 aliphatic rings. The summed E-state index contributed by atoms with van der Waals surface area (Å²) in [6.07, 6.45) is 0.986. The van der Waals surface area contributed by atoms with Gasteiger partial charge in [0.25, 0.3) is 0 Å². The van der Waals surface area contributed by atoms with E-state index < -0.39 is 11.7 Å². The normalized spacial score (nSPS) is 18.2. The molecular weight excluding hydrogens is 541 g/mol. The van der Waals surface area contributed by atoms with E-state index in [4.69, 9.17) is 24.5 Å². The van der Waals surface area contributed by atoms with Crippen LogP contribution in [0.5, 0.6) is 5.75 Å². The largest absolute Gasteiger partial charge is 0.497 e. The molecule has 1 amide bonds. The Morgan fingerprint density at radius 1 is 1.14 bits per heavy atom. The van der Waals surface area contributed by atoms with Crippen molar-refractivity contribution in [1.82, 2.24) is 25.3 Å². The Morgan fingerprint density at radius 3 is 2.57 bits per heavy atom. The fourth-order valence-electron chi connectivity index (χ4n) is 4.36. The van der Waals surface area contributed by atoms with Crippen molar-refractivity contribution in [2.24, 2.45) is 5.41 Å². The third-order valence-corrected chi connectivity index (χ3v) is 6.76. The Kier molecular flexibility index (Phi) is 8.71. The summed E-state index contributed by atoms with van der Waals surface area (Å²) in [6, 6.07) is 17.4. The van der Waals surface area contributed by atoms with E-state index >= 15 is 0 Å². The Balaban J connectivity index is 1.37. The second-order valence-corrected chi connectivity index (χ2v) is 10.00. The van der Waals surface area contributed by atoms with Gasteiger partial charge >= 0.3 is 0 Å². The lowest BCUT2D eigenvalue weighted by atomic mass is 9.91. The zero-order valence-corrected chi connectivity index (χ0v) is 23.2. The van der Waals surface area contributed by atoms with E-state index in [1.165, 1.54) is 12.1 Å². The summed E-state index contributed by atoms with van der Waals surface area (Å²) in [5.41, 5.74) is 2.42. The van der Waals surface area contributed by atoms with Gasteiger partial charge in [0, 0.05) is 24.8 Å². The van der Waals surface area contributed by atoms with Crippen LogP contribution >= 0.6 is 0 Å². The van der Waals surface area contributed by atoms with E-state index in [1.54, 1.807) is 38.4 Å². The van der Waals surface area contributed by atoms with Gasteiger partial charge in [0.05, 0.1) is 55.3 Å². The van der Waals surface area contributed by atoms with Crippen molar-refractivity contribution in [2.75, 3.05) is 32.2 Å². The SMILES string of the molecule is COc1ccc(CNc2nccc(-c3[nH]c(C4OCC(C)(C(=O)NCCC#N)CO4)nc3-c3ccc(F)cc3)n2)cc1.